The Morgan fingerprint density at radius 3 is 2.74 bits per heavy atom. The maximum Gasteiger partial charge on any atom is 0.209 e. The van der Waals surface area contributed by atoms with Gasteiger partial charge in [-0.15, -0.1) is 0 Å². The highest BCUT2D eigenvalue weighted by Crippen LogP contribution is 2.17. The quantitative estimate of drug-likeness (QED) is 0.696. The topological polar surface area (TPSA) is 81.6 Å². The van der Waals surface area contributed by atoms with Crippen LogP contribution in [0.4, 0.5) is 11.6 Å². The summed E-state index contributed by atoms with van der Waals surface area (Å²) in [4.78, 5) is 23.3. The predicted molar refractivity (Wildman–Crippen MR) is 72.2 cm³/mol. The third-order valence-electron chi connectivity index (χ3n) is 3.03. The normalized spacial score (nSPS) is 15.5. The van der Waals surface area contributed by atoms with Crippen LogP contribution in [0, 0.1) is 6.92 Å². The summed E-state index contributed by atoms with van der Waals surface area (Å²) < 4.78 is 0. The van der Waals surface area contributed by atoms with E-state index in [9.17, 15) is 4.79 Å². The van der Waals surface area contributed by atoms with Crippen LogP contribution in [0.15, 0.2) is 6.07 Å². The first kappa shape index (κ1) is 13.5. The van der Waals surface area contributed by atoms with Crippen molar-refractivity contribution in [3.8, 4) is 0 Å². The van der Waals surface area contributed by atoms with Crippen molar-refractivity contribution in [2.75, 3.05) is 49.5 Å². The summed E-state index contributed by atoms with van der Waals surface area (Å²) in [5.74, 6) is 2.27. The van der Waals surface area contributed by atoms with Crippen LogP contribution < -0.4 is 10.2 Å². The van der Waals surface area contributed by atoms with E-state index in [0.717, 1.165) is 31.1 Å². The number of hydrogen-bond donors (Lipinski definition) is 2. The molecule has 2 N–H and O–H groups in total. The highest BCUT2D eigenvalue weighted by atomic mass is 16.3. The lowest BCUT2D eigenvalue weighted by atomic mass is 10.3. The second-order valence-corrected chi connectivity index (χ2v) is 4.44. The molecule has 1 amide bonds. The largest absolute Gasteiger partial charge is 0.395 e. The number of carbonyl (C=O) groups is 1. The minimum absolute atomic E-state index is 0.0659. The molecule has 1 aliphatic rings. The standard InChI is InChI=1S/C12H19N5O2/c1-10-14-11(13-2-7-18)8-12(15-10)17-5-3-16(9-19)4-6-17/h8-9,18H,2-7H2,1H3,(H,13,14,15). The van der Waals surface area contributed by atoms with Gasteiger partial charge in [0.2, 0.25) is 6.41 Å². The number of aliphatic hydroxyl groups is 1. The van der Waals surface area contributed by atoms with Crippen molar-refractivity contribution in [1.29, 1.82) is 0 Å². The van der Waals surface area contributed by atoms with E-state index in [1.54, 1.807) is 4.90 Å². The molecule has 0 bridgehead atoms. The first-order chi connectivity index (χ1) is 9.22. The fourth-order valence-electron chi connectivity index (χ4n) is 2.04. The van der Waals surface area contributed by atoms with Gasteiger partial charge in [-0.2, -0.15) is 0 Å². The molecule has 0 aliphatic carbocycles. The zero-order chi connectivity index (χ0) is 13.7. The number of piperazine rings is 1. The van der Waals surface area contributed by atoms with Gasteiger partial charge in [0.05, 0.1) is 6.61 Å². The highest BCUT2D eigenvalue weighted by Gasteiger charge is 2.17. The number of nitrogens with zero attached hydrogens (tertiary/aromatic N) is 4. The summed E-state index contributed by atoms with van der Waals surface area (Å²) in [6.07, 6.45) is 0.886. The third-order valence-corrected chi connectivity index (χ3v) is 3.03. The summed E-state index contributed by atoms with van der Waals surface area (Å²) in [5, 5.41) is 11.9. The molecule has 0 saturated carbocycles. The monoisotopic (exact) mass is 265 g/mol. The van der Waals surface area contributed by atoms with Crippen LogP contribution in [0.2, 0.25) is 0 Å². The molecule has 7 heteroatoms. The zero-order valence-corrected chi connectivity index (χ0v) is 11.0. The first-order valence-corrected chi connectivity index (χ1v) is 6.37. The minimum Gasteiger partial charge on any atom is -0.395 e. The number of hydrogen-bond acceptors (Lipinski definition) is 6. The molecule has 1 aromatic heterocycles. The Morgan fingerprint density at radius 2 is 2.11 bits per heavy atom. The number of nitrogens with one attached hydrogen (secondary N) is 1. The maximum atomic E-state index is 10.7. The molecule has 0 aromatic carbocycles. The summed E-state index contributed by atoms with van der Waals surface area (Å²) >= 11 is 0. The molecule has 1 fully saturated rings. The Hall–Kier alpha value is -1.89. The van der Waals surface area contributed by atoms with Gasteiger partial charge in [-0.1, -0.05) is 0 Å². The van der Waals surface area contributed by atoms with E-state index in [0.29, 0.717) is 25.5 Å². The lowest BCUT2D eigenvalue weighted by molar-refractivity contribution is -0.118. The number of amides is 1. The van der Waals surface area contributed by atoms with Gasteiger partial charge < -0.3 is 20.2 Å². The van der Waals surface area contributed by atoms with E-state index in [4.69, 9.17) is 5.11 Å². The summed E-state index contributed by atoms with van der Waals surface area (Å²) in [7, 11) is 0. The van der Waals surface area contributed by atoms with Crippen LogP contribution in [0.25, 0.3) is 0 Å². The molecule has 0 unspecified atom stereocenters. The molecular formula is C12H19N5O2. The number of carbonyl (C=O) groups excluding carboxylic acids is 1. The van der Waals surface area contributed by atoms with Crippen molar-refractivity contribution >= 4 is 18.0 Å². The third kappa shape index (κ3) is 3.54. The highest BCUT2D eigenvalue weighted by molar-refractivity contribution is 5.52. The Balaban J connectivity index is 2.07. The Kier molecular flexibility index (Phi) is 4.51. The van der Waals surface area contributed by atoms with Gasteiger partial charge in [0.25, 0.3) is 0 Å². The molecule has 7 nitrogen and oxygen atoms in total. The van der Waals surface area contributed by atoms with Gasteiger partial charge in [-0.05, 0) is 6.92 Å². The average Bonchev–Trinajstić information content (AvgIpc) is 2.44. The Morgan fingerprint density at radius 1 is 1.37 bits per heavy atom. The molecule has 0 atom stereocenters. The number of aliphatic hydroxyl groups excluding tert-OH is 1. The lowest BCUT2D eigenvalue weighted by Gasteiger charge is -2.33. The van der Waals surface area contributed by atoms with Crippen molar-refractivity contribution in [2.24, 2.45) is 0 Å². The van der Waals surface area contributed by atoms with E-state index < -0.39 is 0 Å². The number of anilines is 2. The van der Waals surface area contributed by atoms with Gasteiger partial charge in [0.1, 0.15) is 17.5 Å². The smallest absolute Gasteiger partial charge is 0.209 e. The fourth-order valence-corrected chi connectivity index (χ4v) is 2.04. The molecule has 2 heterocycles. The molecule has 0 spiro atoms. The van der Waals surface area contributed by atoms with Crippen LogP contribution in [-0.4, -0.2) is 65.7 Å². The second kappa shape index (κ2) is 6.33. The van der Waals surface area contributed by atoms with Crippen LogP contribution in [0.3, 0.4) is 0 Å². The van der Waals surface area contributed by atoms with Crippen molar-refractivity contribution in [1.82, 2.24) is 14.9 Å². The molecule has 104 valence electrons. The molecular weight excluding hydrogens is 246 g/mol. The van der Waals surface area contributed by atoms with Crippen molar-refractivity contribution < 1.29 is 9.90 Å². The number of aromatic nitrogens is 2. The summed E-state index contributed by atoms with van der Waals surface area (Å²) in [5.41, 5.74) is 0. The second-order valence-electron chi connectivity index (χ2n) is 4.44. The van der Waals surface area contributed by atoms with Crippen molar-refractivity contribution in [3.63, 3.8) is 0 Å². The molecule has 0 radical (unpaired) electrons. The van der Waals surface area contributed by atoms with E-state index in [-0.39, 0.29) is 6.61 Å². The zero-order valence-electron chi connectivity index (χ0n) is 11.0. The SMILES string of the molecule is Cc1nc(NCCO)cc(N2CCN(C=O)CC2)n1. The predicted octanol–water partition coefficient (Wildman–Crippen LogP) is -0.532. The van der Waals surface area contributed by atoms with Gasteiger partial charge in [0.15, 0.2) is 0 Å². The Bertz CT molecular complexity index is 432. The van der Waals surface area contributed by atoms with Crippen molar-refractivity contribution in [3.05, 3.63) is 11.9 Å². The van der Waals surface area contributed by atoms with Crippen LogP contribution >= 0.6 is 0 Å². The Labute approximate surface area is 112 Å². The average molecular weight is 265 g/mol. The molecule has 19 heavy (non-hydrogen) atoms. The molecule has 2 rings (SSSR count). The molecule has 1 saturated heterocycles. The van der Waals surface area contributed by atoms with E-state index >= 15 is 0 Å². The number of rotatable bonds is 5. The van der Waals surface area contributed by atoms with E-state index in [1.807, 2.05) is 13.0 Å². The van der Waals surface area contributed by atoms with Gasteiger partial charge >= 0.3 is 0 Å². The molecule has 1 aliphatic heterocycles. The maximum absolute atomic E-state index is 10.7. The van der Waals surface area contributed by atoms with Gasteiger partial charge in [-0.25, -0.2) is 9.97 Å². The summed E-state index contributed by atoms with van der Waals surface area (Å²) in [6.45, 7) is 5.35. The van der Waals surface area contributed by atoms with Crippen LogP contribution in [0.1, 0.15) is 5.82 Å². The van der Waals surface area contributed by atoms with Crippen LogP contribution in [0.5, 0.6) is 0 Å². The molecule has 1 aromatic rings. The summed E-state index contributed by atoms with van der Waals surface area (Å²) in [6, 6.07) is 1.87. The number of aryl methyl sites for hydroxylation is 1. The van der Waals surface area contributed by atoms with E-state index in [2.05, 4.69) is 20.2 Å². The van der Waals surface area contributed by atoms with Crippen molar-refractivity contribution in [2.45, 2.75) is 6.92 Å². The van der Waals surface area contributed by atoms with Gasteiger partial charge in [-0.3, -0.25) is 4.79 Å². The lowest BCUT2D eigenvalue weighted by Crippen LogP contribution is -2.46. The fraction of sp³-hybridized carbons (Fsp3) is 0.583. The van der Waals surface area contributed by atoms with E-state index in [1.165, 1.54) is 0 Å². The van der Waals surface area contributed by atoms with Crippen LogP contribution in [-0.2, 0) is 4.79 Å². The first-order valence-electron chi connectivity index (χ1n) is 6.37. The van der Waals surface area contributed by atoms with Gasteiger partial charge in [0, 0.05) is 38.8 Å². The minimum atomic E-state index is 0.0659.